The maximum absolute atomic E-state index is 11.9. The van der Waals surface area contributed by atoms with Crippen LogP contribution in [0.25, 0.3) is 0 Å². The van der Waals surface area contributed by atoms with E-state index in [0.717, 1.165) is 0 Å². The lowest BCUT2D eigenvalue weighted by Crippen LogP contribution is -2.49. The van der Waals surface area contributed by atoms with Gasteiger partial charge in [-0.25, -0.2) is 5.43 Å². The average molecular weight is 298 g/mol. The minimum atomic E-state index is -1.26. The Kier molecular flexibility index (Phi) is 5.10. The molecule has 1 saturated heterocycles. The Morgan fingerprint density at radius 2 is 2.14 bits per heavy atom. The number of hydrogen-bond donors (Lipinski definition) is 5. The summed E-state index contributed by atoms with van der Waals surface area (Å²) in [7, 11) is 1.49. The van der Waals surface area contributed by atoms with Gasteiger partial charge in [0.1, 0.15) is 24.1 Å². The summed E-state index contributed by atoms with van der Waals surface area (Å²) in [6.45, 7) is -0.430. The van der Waals surface area contributed by atoms with Gasteiger partial charge in [-0.1, -0.05) is 6.07 Å². The zero-order valence-electron chi connectivity index (χ0n) is 11.4. The maximum atomic E-state index is 11.9. The van der Waals surface area contributed by atoms with E-state index in [1.807, 2.05) is 0 Å². The van der Waals surface area contributed by atoms with Gasteiger partial charge in [-0.2, -0.15) is 0 Å². The van der Waals surface area contributed by atoms with Gasteiger partial charge >= 0.3 is 0 Å². The highest BCUT2D eigenvalue weighted by Crippen LogP contribution is 2.19. The minimum Gasteiger partial charge on any atom is -0.497 e. The number of aliphatic hydroxyl groups excluding tert-OH is 3. The minimum absolute atomic E-state index is 0.355. The molecule has 21 heavy (non-hydrogen) atoms. The molecule has 1 aromatic carbocycles. The third-order valence-corrected chi connectivity index (χ3v) is 3.20. The largest absolute Gasteiger partial charge is 0.497 e. The van der Waals surface area contributed by atoms with Gasteiger partial charge < -0.3 is 24.8 Å². The van der Waals surface area contributed by atoms with Crippen molar-refractivity contribution in [2.75, 3.05) is 13.7 Å². The fraction of sp³-hybridized carbons (Fsp3) is 0.462. The average Bonchev–Trinajstić information content (AvgIpc) is 2.80. The smallest absolute Gasteiger partial charge is 0.265 e. The molecule has 0 radical (unpaired) electrons. The lowest BCUT2D eigenvalue weighted by atomic mass is 10.1. The molecular formula is C13H18N2O6. The molecule has 1 heterocycles. The molecule has 0 aliphatic carbocycles. The number of amides is 1. The predicted molar refractivity (Wildman–Crippen MR) is 71.4 cm³/mol. The molecule has 8 nitrogen and oxygen atoms in total. The van der Waals surface area contributed by atoms with Gasteiger partial charge in [0.25, 0.3) is 5.91 Å². The van der Waals surface area contributed by atoms with E-state index in [4.69, 9.17) is 14.6 Å². The molecule has 1 aliphatic heterocycles. The fourth-order valence-electron chi connectivity index (χ4n) is 1.99. The van der Waals surface area contributed by atoms with Gasteiger partial charge in [0, 0.05) is 5.56 Å². The standard InChI is InChI=1S/C13H18N2O6/c1-20-8-4-2-3-7(5-8)12(19)14-15-13-11(18)10(17)9(6-16)21-13/h2-5,9-11,13,15-18H,6H2,1H3,(H,14,19)/t9-,10-,11+,13-/m1/s1. The third-order valence-electron chi connectivity index (χ3n) is 3.20. The Balaban J connectivity index is 1.92. The number of hydrogen-bond acceptors (Lipinski definition) is 7. The summed E-state index contributed by atoms with van der Waals surface area (Å²) in [6.07, 6.45) is -4.38. The molecule has 0 spiro atoms. The zero-order valence-corrected chi connectivity index (χ0v) is 11.4. The lowest BCUT2D eigenvalue weighted by molar-refractivity contribution is -0.0375. The highest BCUT2D eigenvalue weighted by molar-refractivity contribution is 5.94. The first-order valence-corrected chi connectivity index (χ1v) is 6.39. The molecule has 0 unspecified atom stereocenters. The molecule has 5 N–H and O–H groups in total. The van der Waals surface area contributed by atoms with E-state index >= 15 is 0 Å². The van der Waals surface area contributed by atoms with Gasteiger partial charge in [-0.3, -0.25) is 10.2 Å². The number of ether oxygens (including phenoxy) is 2. The maximum Gasteiger partial charge on any atom is 0.265 e. The molecule has 1 aliphatic rings. The van der Waals surface area contributed by atoms with E-state index < -0.39 is 37.1 Å². The SMILES string of the molecule is COc1cccc(C(=O)NN[C@@H]2O[C@H](CO)[C@@H](O)[C@@H]2O)c1. The van der Waals surface area contributed by atoms with Gasteiger partial charge in [0.05, 0.1) is 13.7 Å². The molecular weight excluding hydrogens is 280 g/mol. The van der Waals surface area contributed by atoms with Crippen LogP contribution in [0.3, 0.4) is 0 Å². The Hall–Kier alpha value is -1.71. The van der Waals surface area contributed by atoms with Crippen LogP contribution in [0.1, 0.15) is 10.4 Å². The molecule has 2 rings (SSSR count). The van der Waals surface area contributed by atoms with E-state index in [2.05, 4.69) is 10.9 Å². The Morgan fingerprint density at radius 1 is 1.38 bits per heavy atom. The van der Waals surface area contributed by atoms with Crippen LogP contribution in [0.5, 0.6) is 5.75 Å². The van der Waals surface area contributed by atoms with Crippen LogP contribution in [0.4, 0.5) is 0 Å². The van der Waals surface area contributed by atoms with Crippen LogP contribution in [0, 0.1) is 0 Å². The van der Waals surface area contributed by atoms with Crippen molar-refractivity contribution in [1.29, 1.82) is 0 Å². The van der Waals surface area contributed by atoms with Crippen LogP contribution in [-0.4, -0.2) is 59.5 Å². The quantitative estimate of drug-likeness (QED) is 0.414. The van der Waals surface area contributed by atoms with Crippen LogP contribution in [0.15, 0.2) is 24.3 Å². The Morgan fingerprint density at radius 3 is 2.76 bits per heavy atom. The van der Waals surface area contributed by atoms with Crippen LogP contribution in [-0.2, 0) is 4.74 Å². The number of nitrogens with one attached hydrogen (secondary N) is 2. The summed E-state index contributed by atoms with van der Waals surface area (Å²) < 4.78 is 10.2. The molecule has 0 aromatic heterocycles. The predicted octanol–water partition coefficient (Wildman–Crippen LogP) is -1.63. The summed E-state index contributed by atoms with van der Waals surface area (Å²) >= 11 is 0. The number of rotatable bonds is 5. The Labute approximate surface area is 121 Å². The second-order valence-corrected chi connectivity index (χ2v) is 4.59. The third kappa shape index (κ3) is 3.49. The van der Waals surface area contributed by atoms with Crippen molar-refractivity contribution in [1.82, 2.24) is 10.9 Å². The number of methoxy groups -OCH3 is 1. The summed E-state index contributed by atoms with van der Waals surface area (Å²) in [5, 5.41) is 28.2. The number of carbonyl (C=O) groups excluding carboxylic acids is 1. The van der Waals surface area contributed by atoms with Crippen molar-refractivity contribution in [2.45, 2.75) is 24.5 Å². The molecule has 1 amide bonds. The number of benzene rings is 1. The van der Waals surface area contributed by atoms with Gasteiger partial charge in [-0.05, 0) is 18.2 Å². The van der Waals surface area contributed by atoms with Crippen LogP contribution >= 0.6 is 0 Å². The van der Waals surface area contributed by atoms with Crippen molar-refractivity contribution in [3.8, 4) is 5.75 Å². The van der Waals surface area contributed by atoms with E-state index in [0.29, 0.717) is 11.3 Å². The van der Waals surface area contributed by atoms with E-state index in [9.17, 15) is 15.0 Å². The molecule has 1 fully saturated rings. The van der Waals surface area contributed by atoms with Crippen LogP contribution in [0.2, 0.25) is 0 Å². The molecule has 1 aromatic rings. The summed E-state index contributed by atoms with van der Waals surface area (Å²) in [5.41, 5.74) is 5.20. The van der Waals surface area contributed by atoms with Gasteiger partial charge in [0.15, 0.2) is 6.23 Å². The van der Waals surface area contributed by atoms with E-state index in [1.165, 1.54) is 7.11 Å². The molecule has 116 valence electrons. The lowest BCUT2D eigenvalue weighted by Gasteiger charge is -2.17. The normalized spacial score (nSPS) is 28.4. The monoisotopic (exact) mass is 298 g/mol. The first kappa shape index (κ1) is 15.7. The first-order chi connectivity index (χ1) is 10.1. The zero-order chi connectivity index (χ0) is 15.4. The highest BCUT2D eigenvalue weighted by Gasteiger charge is 2.42. The van der Waals surface area contributed by atoms with E-state index in [-0.39, 0.29) is 0 Å². The topological polar surface area (TPSA) is 120 Å². The Bertz CT molecular complexity index is 497. The van der Waals surface area contributed by atoms with Gasteiger partial charge in [0.2, 0.25) is 0 Å². The van der Waals surface area contributed by atoms with Gasteiger partial charge in [-0.15, -0.1) is 0 Å². The first-order valence-electron chi connectivity index (χ1n) is 6.39. The number of hydrazine groups is 1. The van der Waals surface area contributed by atoms with E-state index in [1.54, 1.807) is 24.3 Å². The van der Waals surface area contributed by atoms with Crippen molar-refractivity contribution >= 4 is 5.91 Å². The molecule has 0 saturated carbocycles. The number of aliphatic hydroxyl groups is 3. The second-order valence-electron chi connectivity index (χ2n) is 4.59. The van der Waals surface area contributed by atoms with Crippen molar-refractivity contribution in [2.24, 2.45) is 0 Å². The fourth-order valence-corrected chi connectivity index (χ4v) is 1.99. The molecule has 0 bridgehead atoms. The van der Waals surface area contributed by atoms with Crippen molar-refractivity contribution in [3.63, 3.8) is 0 Å². The number of carbonyl (C=O) groups is 1. The second kappa shape index (κ2) is 6.83. The van der Waals surface area contributed by atoms with Crippen molar-refractivity contribution < 1.29 is 29.6 Å². The summed E-state index contributed by atoms with van der Waals surface area (Å²) in [6, 6.07) is 6.52. The summed E-state index contributed by atoms with van der Waals surface area (Å²) in [4.78, 5) is 11.9. The highest BCUT2D eigenvalue weighted by atomic mass is 16.6. The molecule has 4 atom stereocenters. The summed E-state index contributed by atoms with van der Waals surface area (Å²) in [5.74, 6) is 0.0854. The van der Waals surface area contributed by atoms with Crippen LogP contribution < -0.4 is 15.6 Å². The van der Waals surface area contributed by atoms with Crippen molar-refractivity contribution in [3.05, 3.63) is 29.8 Å². The molecule has 8 heteroatoms.